The number of anilines is 1. The number of carbonyl (C=O) groups is 1. The molecule has 1 aliphatic heterocycles. The van der Waals surface area contributed by atoms with Crippen LogP contribution in [-0.2, 0) is 11.2 Å². The normalized spacial score (nSPS) is 15.0. The fourth-order valence-electron chi connectivity index (χ4n) is 2.50. The summed E-state index contributed by atoms with van der Waals surface area (Å²) in [6.07, 6.45) is 0.431. The molecule has 0 spiro atoms. The van der Waals surface area contributed by atoms with E-state index in [4.69, 9.17) is 16.0 Å². The lowest BCUT2D eigenvalue weighted by atomic mass is 10.0. The second-order valence-corrected chi connectivity index (χ2v) is 5.15. The van der Waals surface area contributed by atoms with E-state index < -0.39 is 0 Å². The van der Waals surface area contributed by atoms with Gasteiger partial charge in [-0.25, -0.2) is 0 Å². The molecular formula is C15H15ClN2O2. The first-order valence-electron chi connectivity index (χ1n) is 6.58. The van der Waals surface area contributed by atoms with Gasteiger partial charge in [-0.15, -0.1) is 0 Å². The Hall–Kier alpha value is -1.78. The van der Waals surface area contributed by atoms with Gasteiger partial charge in [0, 0.05) is 5.69 Å². The molecule has 5 heteroatoms. The molecule has 20 heavy (non-hydrogen) atoms. The lowest BCUT2D eigenvalue weighted by Gasteiger charge is -2.16. The van der Waals surface area contributed by atoms with E-state index in [0.717, 1.165) is 29.1 Å². The predicted octanol–water partition coefficient (Wildman–Crippen LogP) is 3.13. The summed E-state index contributed by atoms with van der Waals surface area (Å²) in [6.45, 7) is 2.84. The third-order valence-corrected chi connectivity index (χ3v) is 3.58. The fraction of sp³-hybridized carbons (Fsp3) is 0.267. The molecule has 0 radical (unpaired) electrons. The average molecular weight is 291 g/mol. The minimum Gasteiger partial charge on any atom is -0.448 e. The fourth-order valence-corrected chi connectivity index (χ4v) is 2.65. The Morgan fingerprint density at radius 1 is 1.40 bits per heavy atom. The van der Waals surface area contributed by atoms with Crippen LogP contribution >= 0.6 is 11.6 Å². The van der Waals surface area contributed by atoms with Gasteiger partial charge < -0.3 is 15.1 Å². The molecule has 0 aliphatic carbocycles. The van der Waals surface area contributed by atoms with Crippen molar-refractivity contribution in [2.45, 2.75) is 19.4 Å². The van der Waals surface area contributed by atoms with Crippen LogP contribution in [0.3, 0.4) is 0 Å². The highest BCUT2D eigenvalue weighted by Crippen LogP contribution is 2.30. The van der Waals surface area contributed by atoms with Gasteiger partial charge in [0.2, 0.25) is 5.91 Å². The topological polar surface area (TPSA) is 54.3 Å². The molecule has 2 heterocycles. The third kappa shape index (κ3) is 2.44. The lowest BCUT2D eigenvalue weighted by Crippen LogP contribution is -2.21. The first-order valence-corrected chi connectivity index (χ1v) is 6.96. The van der Waals surface area contributed by atoms with Crippen LogP contribution in [0.2, 0.25) is 5.22 Å². The Morgan fingerprint density at radius 3 is 2.95 bits per heavy atom. The van der Waals surface area contributed by atoms with Crippen LogP contribution in [0.4, 0.5) is 5.69 Å². The van der Waals surface area contributed by atoms with Gasteiger partial charge in [0.05, 0.1) is 12.5 Å². The van der Waals surface area contributed by atoms with Gasteiger partial charge >= 0.3 is 0 Å². The van der Waals surface area contributed by atoms with Gasteiger partial charge in [0.15, 0.2) is 5.22 Å². The van der Waals surface area contributed by atoms with Crippen molar-refractivity contribution in [3.63, 3.8) is 0 Å². The zero-order valence-corrected chi connectivity index (χ0v) is 11.8. The van der Waals surface area contributed by atoms with Crippen molar-refractivity contribution < 1.29 is 9.21 Å². The summed E-state index contributed by atoms with van der Waals surface area (Å²) in [4.78, 5) is 11.4. The largest absolute Gasteiger partial charge is 0.448 e. The van der Waals surface area contributed by atoms with Crippen molar-refractivity contribution >= 4 is 23.2 Å². The maximum absolute atomic E-state index is 11.4. The summed E-state index contributed by atoms with van der Waals surface area (Å²) in [6, 6.07) is 9.51. The van der Waals surface area contributed by atoms with Gasteiger partial charge in [-0.2, -0.15) is 0 Å². The van der Waals surface area contributed by atoms with Crippen LogP contribution in [0.5, 0.6) is 0 Å². The molecule has 0 saturated heterocycles. The summed E-state index contributed by atoms with van der Waals surface area (Å²) in [7, 11) is 0. The van der Waals surface area contributed by atoms with Crippen molar-refractivity contribution in [1.82, 2.24) is 5.32 Å². The van der Waals surface area contributed by atoms with Gasteiger partial charge in [-0.1, -0.05) is 19.1 Å². The van der Waals surface area contributed by atoms with E-state index in [-0.39, 0.29) is 11.9 Å². The molecule has 1 atom stereocenters. The van der Waals surface area contributed by atoms with Gasteiger partial charge in [0.25, 0.3) is 0 Å². The second kappa shape index (κ2) is 5.31. The van der Waals surface area contributed by atoms with Gasteiger partial charge in [-0.05, 0) is 47.5 Å². The van der Waals surface area contributed by atoms with E-state index in [1.165, 1.54) is 0 Å². The number of rotatable bonds is 4. The molecule has 1 unspecified atom stereocenters. The summed E-state index contributed by atoms with van der Waals surface area (Å²) >= 11 is 5.86. The van der Waals surface area contributed by atoms with Gasteiger partial charge in [-0.3, -0.25) is 4.79 Å². The van der Waals surface area contributed by atoms with Crippen molar-refractivity contribution in [2.75, 3.05) is 11.9 Å². The number of furan rings is 1. The van der Waals surface area contributed by atoms with Crippen LogP contribution in [-0.4, -0.2) is 12.5 Å². The number of fused-ring (bicyclic) bond motifs is 1. The van der Waals surface area contributed by atoms with Crippen molar-refractivity contribution in [1.29, 1.82) is 0 Å². The van der Waals surface area contributed by atoms with E-state index in [1.807, 2.05) is 31.2 Å². The maximum Gasteiger partial charge on any atom is 0.228 e. The lowest BCUT2D eigenvalue weighted by molar-refractivity contribution is -0.115. The molecule has 1 aromatic heterocycles. The van der Waals surface area contributed by atoms with Crippen LogP contribution in [0.25, 0.3) is 0 Å². The Kier molecular flexibility index (Phi) is 3.51. The van der Waals surface area contributed by atoms with Crippen LogP contribution < -0.4 is 10.6 Å². The van der Waals surface area contributed by atoms with E-state index in [2.05, 4.69) is 10.6 Å². The van der Waals surface area contributed by atoms with Gasteiger partial charge in [0.1, 0.15) is 5.76 Å². The number of nitrogens with one attached hydrogen (secondary N) is 2. The molecule has 104 valence electrons. The van der Waals surface area contributed by atoms with E-state index >= 15 is 0 Å². The second-order valence-electron chi connectivity index (χ2n) is 4.77. The molecule has 1 aromatic carbocycles. The summed E-state index contributed by atoms with van der Waals surface area (Å²) in [5.41, 5.74) is 2.98. The number of amides is 1. The minimum absolute atomic E-state index is 0.0400. The molecule has 2 N–H and O–H groups in total. The summed E-state index contributed by atoms with van der Waals surface area (Å²) in [5.74, 6) is 0.812. The number of halogens is 1. The Balaban J connectivity index is 1.96. The van der Waals surface area contributed by atoms with Crippen LogP contribution in [0.1, 0.15) is 29.9 Å². The highest BCUT2D eigenvalue weighted by Gasteiger charge is 2.22. The average Bonchev–Trinajstić information content (AvgIpc) is 3.00. The van der Waals surface area contributed by atoms with Crippen molar-refractivity contribution in [3.05, 3.63) is 52.4 Å². The Bertz CT molecular complexity index is 651. The Labute approximate surface area is 122 Å². The quantitative estimate of drug-likeness (QED) is 0.909. The molecule has 3 rings (SSSR count). The molecule has 0 bridgehead atoms. The highest BCUT2D eigenvalue weighted by atomic mass is 35.5. The SMILES string of the molecule is CCNC(c1ccc2c(c1)CC(=O)N2)c1ccc(Cl)o1. The number of benzene rings is 1. The maximum atomic E-state index is 11.4. The molecule has 2 aromatic rings. The standard InChI is InChI=1S/C15H15ClN2O2/c1-2-17-15(12-5-6-13(16)20-12)9-3-4-11-10(7-9)8-14(19)18-11/h3-7,15,17H,2,8H2,1H3,(H,18,19). The number of hydrogen-bond acceptors (Lipinski definition) is 3. The molecule has 0 saturated carbocycles. The molecule has 1 amide bonds. The van der Waals surface area contributed by atoms with Crippen molar-refractivity contribution in [3.8, 4) is 0 Å². The molecule has 0 fully saturated rings. The number of hydrogen-bond donors (Lipinski definition) is 2. The van der Waals surface area contributed by atoms with Crippen molar-refractivity contribution in [2.24, 2.45) is 0 Å². The van der Waals surface area contributed by atoms with E-state index in [0.29, 0.717) is 11.6 Å². The van der Waals surface area contributed by atoms with Crippen LogP contribution in [0.15, 0.2) is 34.7 Å². The van der Waals surface area contributed by atoms with E-state index in [9.17, 15) is 4.79 Å². The monoisotopic (exact) mass is 290 g/mol. The summed E-state index contributed by atoms with van der Waals surface area (Å²) in [5, 5.41) is 6.58. The van der Waals surface area contributed by atoms with E-state index in [1.54, 1.807) is 6.07 Å². The molecular weight excluding hydrogens is 276 g/mol. The zero-order valence-electron chi connectivity index (χ0n) is 11.1. The third-order valence-electron chi connectivity index (χ3n) is 3.37. The minimum atomic E-state index is -0.0616. The highest BCUT2D eigenvalue weighted by molar-refractivity contribution is 6.28. The first-order chi connectivity index (χ1) is 9.67. The zero-order chi connectivity index (χ0) is 14.1. The molecule has 1 aliphatic rings. The Morgan fingerprint density at radius 2 is 2.25 bits per heavy atom. The summed E-state index contributed by atoms with van der Waals surface area (Å²) < 4.78 is 5.51. The number of carbonyl (C=O) groups excluding carboxylic acids is 1. The predicted molar refractivity (Wildman–Crippen MR) is 78.0 cm³/mol. The molecule has 4 nitrogen and oxygen atoms in total. The first kappa shape index (κ1) is 13.2. The smallest absolute Gasteiger partial charge is 0.228 e. The van der Waals surface area contributed by atoms with Crippen LogP contribution in [0, 0.1) is 0 Å².